The number of anilines is 1. The molecule has 0 aliphatic carbocycles. The van der Waals surface area contributed by atoms with Crippen LogP contribution in [0.15, 0.2) is 9.70 Å². The van der Waals surface area contributed by atoms with E-state index in [0.29, 0.717) is 38.5 Å². The Bertz CT molecular complexity index is 1270. The Labute approximate surface area is 203 Å². The van der Waals surface area contributed by atoms with Gasteiger partial charge in [-0.3, -0.25) is 19.1 Å². The van der Waals surface area contributed by atoms with E-state index in [-0.39, 0.29) is 28.5 Å². The lowest BCUT2D eigenvalue weighted by molar-refractivity contribution is -0.123. The third kappa shape index (κ3) is 4.36. The average Bonchev–Trinajstić information content (AvgIpc) is 3.25. The minimum absolute atomic E-state index is 0.0512. The van der Waals surface area contributed by atoms with Gasteiger partial charge in [0.15, 0.2) is 9.84 Å². The van der Waals surface area contributed by atoms with Crippen molar-refractivity contribution < 1.29 is 13.2 Å². The largest absolute Gasteiger partial charge is 0.357 e. The number of amides is 1. The molecule has 3 fully saturated rings. The number of hydrogen-bond donors (Lipinski definition) is 0. The molecule has 0 bridgehead atoms. The van der Waals surface area contributed by atoms with Crippen molar-refractivity contribution in [2.75, 3.05) is 29.5 Å². The number of nitrogens with zero attached hydrogens (tertiary/aromatic N) is 4. The molecule has 0 saturated carbocycles. The zero-order chi connectivity index (χ0) is 24.1. The first-order valence-electron chi connectivity index (χ1n) is 10.9. The summed E-state index contributed by atoms with van der Waals surface area (Å²) in [6, 6.07) is 1.56. The molecular formula is C22H26N4O4S3. The normalized spacial score (nSPS) is 24.7. The van der Waals surface area contributed by atoms with Gasteiger partial charge in [0.2, 0.25) is 0 Å². The Morgan fingerprint density at radius 3 is 2.45 bits per heavy atom. The smallest absolute Gasteiger partial charge is 0.270 e. The first-order chi connectivity index (χ1) is 15.5. The van der Waals surface area contributed by atoms with E-state index in [1.807, 2.05) is 6.07 Å². The highest BCUT2D eigenvalue weighted by molar-refractivity contribution is 8.26. The maximum absolute atomic E-state index is 13.3. The van der Waals surface area contributed by atoms with E-state index in [4.69, 9.17) is 12.2 Å². The number of sulfone groups is 1. The molecule has 3 aliphatic heterocycles. The number of carbonyl (C=O) groups excluding carboxylic acids is 1. The third-order valence-corrected chi connectivity index (χ3v) is 9.80. The Hall–Kier alpha value is -2.16. The summed E-state index contributed by atoms with van der Waals surface area (Å²) in [5, 5.41) is 9.62. The van der Waals surface area contributed by atoms with Crippen LogP contribution in [0.1, 0.15) is 42.9 Å². The van der Waals surface area contributed by atoms with Crippen LogP contribution >= 0.6 is 24.0 Å². The third-order valence-electron chi connectivity index (χ3n) is 6.72. The van der Waals surface area contributed by atoms with Crippen LogP contribution in [0, 0.1) is 24.2 Å². The first kappa shape index (κ1) is 24.0. The highest BCUT2D eigenvalue weighted by Crippen LogP contribution is 2.38. The van der Waals surface area contributed by atoms with E-state index in [0.717, 1.165) is 37.7 Å². The predicted octanol–water partition coefficient (Wildman–Crippen LogP) is 2.19. The van der Waals surface area contributed by atoms with Gasteiger partial charge in [0, 0.05) is 25.7 Å². The number of rotatable bonds is 3. The lowest BCUT2D eigenvalue weighted by Gasteiger charge is -2.34. The summed E-state index contributed by atoms with van der Waals surface area (Å²) < 4.78 is 25.7. The second kappa shape index (κ2) is 8.89. The summed E-state index contributed by atoms with van der Waals surface area (Å²) in [5.74, 6) is 0.937. The molecule has 1 aromatic heterocycles. The molecule has 176 valence electrons. The SMILES string of the molecule is Cc1c(/C=C2\SC(=S)N(C3CCS(=O)(=O)C3)C2=O)c(N2CCC(C)CC2)n(C)c(=O)c1C#N. The van der Waals surface area contributed by atoms with Gasteiger partial charge >= 0.3 is 0 Å². The van der Waals surface area contributed by atoms with Gasteiger partial charge in [0.05, 0.1) is 22.5 Å². The fourth-order valence-electron chi connectivity index (χ4n) is 4.72. The number of thioether (sulfide) groups is 1. The molecule has 0 aromatic carbocycles. The van der Waals surface area contributed by atoms with E-state index >= 15 is 0 Å². The molecule has 3 aliphatic rings. The summed E-state index contributed by atoms with van der Waals surface area (Å²) in [6.45, 7) is 5.49. The van der Waals surface area contributed by atoms with Crippen LogP contribution in [0.2, 0.25) is 0 Å². The number of pyridine rings is 1. The maximum atomic E-state index is 13.3. The van der Waals surface area contributed by atoms with Gasteiger partial charge in [-0.1, -0.05) is 30.9 Å². The highest BCUT2D eigenvalue weighted by atomic mass is 32.2. The molecule has 3 saturated heterocycles. The van der Waals surface area contributed by atoms with Crippen molar-refractivity contribution in [2.24, 2.45) is 13.0 Å². The van der Waals surface area contributed by atoms with Gasteiger partial charge in [0.1, 0.15) is 21.8 Å². The lowest BCUT2D eigenvalue weighted by Crippen LogP contribution is -2.39. The van der Waals surface area contributed by atoms with E-state index in [2.05, 4.69) is 11.8 Å². The van der Waals surface area contributed by atoms with Gasteiger partial charge in [-0.25, -0.2) is 8.42 Å². The number of piperidine rings is 1. The van der Waals surface area contributed by atoms with Crippen LogP contribution in [-0.2, 0) is 21.7 Å². The predicted molar refractivity (Wildman–Crippen MR) is 134 cm³/mol. The van der Waals surface area contributed by atoms with Crippen molar-refractivity contribution in [1.82, 2.24) is 9.47 Å². The molecule has 1 aromatic rings. The number of carbonyl (C=O) groups is 1. The fourth-order valence-corrected chi connectivity index (χ4v) is 7.80. The van der Waals surface area contributed by atoms with Crippen molar-refractivity contribution >= 4 is 55.9 Å². The summed E-state index contributed by atoms with van der Waals surface area (Å²) in [4.78, 5) is 30.1. The van der Waals surface area contributed by atoms with Crippen molar-refractivity contribution in [3.05, 3.63) is 31.9 Å². The summed E-state index contributed by atoms with van der Waals surface area (Å²) in [7, 11) is -1.52. The standard InChI is InChI=1S/C22H26N4O4S3/c1-13-4-7-25(8-5-13)19-16(14(2)17(11-23)20(27)24(19)3)10-18-21(28)26(22(31)32-18)15-6-9-33(29,30)12-15/h10,13,15H,4-9,12H2,1-3H3/b18-10-. The Morgan fingerprint density at radius 1 is 1.21 bits per heavy atom. The summed E-state index contributed by atoms with van der Waals surface area (Å²) >= 11 is 6.57. The topological polar surface area (TPSA) is 103 Å². The van der Waals surface area contributed by atoms with E-state index in [9.17, 15) is 23.3 Å². The number of aromatic nitrogens is 1. The zero-order valence-electron chi connectivity index (χ0n) is 18.8. The number of nitriles is 1. The Balaban J connectivity index is 1.79. The van der Waals surface area contributed by atoms with Crippen molar-refractivity contribution in [3.8, 4) is 6.07 Å². The van der Waals surface area contributed by atoms with Crippen molar-refractivity contribution in [2.45, 2.75) is 39.2 Å². The molecule has 0 spiro atoms. The van der Waals surface area contributed by atoms with E-state index in [1.54, 1.807) is 20.0 Å². The Kier molecular flexibility index (Phi) is 6.46. The first-order valence-corrected chi connectivity index (χ1v) is 13.9. The van der Waals surface area contributed by atoms with Crippen LogP contribution in [-0.4, -0.2) is 58.7 Å². The number of thiocarbonyl (C=S) groups is 1. The Morgan fingerprint density at radius 2 is 1.88 bits per heavy atom. The van der Waals surface area contributed by atoms with Crippen LogP contribution < -0.4 is 10.5 Å². The van der Waals surface area contributed by atoms with Crippen LogP contribution in [0.4, 0.5) is 5.82 Å². The monoisotopic (exact) mass is 506 g/mol. The van der Waals surface area contributed by atoms with E-state index < -0.39 is 15.9 Å². The van der Waals surface area contributed by atoms with Gasteiger partial charge < -0.3 is 4.90 Å². The van der Waals surface area contributed by atoms with Gasteiger partial charge in [0.25, 0.3) is 11.5 Å². The highest BCUT2D eigenvalue weighted by Gasteiger charge is 2.42. The molecule has 11 heteroatoms. The molecule has 4 rings (SSSR count). The lowest BCUT2D eigenvalue weighted by atomic mass is 9.97. The molecule has 1 amide bonds. The second-order valence-corrected chi connectivity index (χ2v) is 12.9. The summed E-state index contributed by atoms with van der Waals surface area (Å²) in [6.07, 6.45) is 4.07. The fraction of sp³-hybridized carbons (Fsp3) is 0.545. The van der Waals surface area contributed by atoms with Gasteiger partial charge in [-0.15, -0.1) is 0 Å². The van der Waals surface area contributed by atoms with Crippen LogP contribution in [0.25, 0.3) is 6.08 Å². The van der Waals surface area contributed by atoms with Gasteiger partial charge in [-0.05, 0) is 43.7 Å². The molecule has 33 heavy (non-hydrogen) atoms. The molecule has 8 nitrogen and oxygen atoms in total. The zero-order valence-corrected chi connectivity index (χ0v) is 21.3. The average molecular weight is 507 g/mol. The van der Waals surface area contributed by atoms with Gasteiger partial charge in [-0.2, -0.15) is 5.26 Å². The minimum atomic E-state index is -3.17. The second-order valence-electron chi connectivity index (χ2n) is 8.99. The van der Waals surface area contributed by atoms with Crippen molar-refractivity contribution in [3.63, 3.8) is 0 Å². The molecule has 4 heterocycles. The van der Waals surface area contributed by atoms with Crippen molar-refractivity contribution in [1.29, 1.82) is 5.26 Å². The molecule has 0 N–H and O–H groups in total. The molecule has 1 atom stereocenters. The minimum Gasteiger partial charge on any atom is -0.357 e. The summed E-state index contributed by atoms with van der Waals surface area (Å²) in [5.41, 5.74) is 0.880. The number of hydrogen-bond acceptors (Lipinski definition) is 8. The van der Waals surface area contributed by atoms with Crippen LogP contribution in [0.5, 0.6) is 0 Å². The molecule has 1 unspecified atom stereocenters. The van der Waals surface area contributed by atoms with Crippen LogP contribution in [0.3, 0.4) is 0 Å². The molecule has 0 radical (unpaired) electrons. The molecular weight excluding hydrogens is 480 g/mol. The quantitative estimate of drug-likeness (QED) is 0.454. The van der Waals surface area contributed by atoms with E-state index in [1.165, 1.54) is 9.47 Å². The maximum Gasteiger partial charge on any atom is 0.270 e.